The molecule has 4 aromatic rings. The number of nitrogens with two attached hydrogens (primary N) is 2. The first kappa shape index (κ1) is 17.1. The molecule has 0 radical (unpaired) electrons. The minimum absolute atomic E-state index is 0.244. The average Bonchev–Trinajstić information content (AvgIpc) is 2.73. The van der Waals surface area contributed by atoms with E-state index >= 15 is 0 Å². The van der Waals surface area contributed by atoms with E-state index in [0.29, 0.717) is 18.5 Å². The first-order chi connectivity index (χ1) is 14.2. The zero-order valence-corrected chi connectivity index (χ0v) is 15.5. The molecular formula is C21H18N8. The summed E-state index contributed by atoms with van der Waals surface area (Å²) >= 11 is 0. The van der Waals surface area contributed by atoms with Crippen molar-refractivity contribution in [2.24, 2.45) is 0 Å². The lowest BCUT2D eigenvalue weighted by Gasteiger charge is -2.26. The van der Waals surface area contributed by atoms with Crippen LogP contribution in [0.1, 0.15) is 17.0 Å². The highest BCUT2D eigenvalue weighted by Crippen LogP contribution is 2.31. The van der Waals surface area contributed by atoms with Crippen molar-refractivity contribution < 1.29 is 0 Å². The lowest BCUT2D eigenvalue weighted by Crippen LogP contribution is -2.22. The zero-order chi connectivity index (χ0) is 19.8. The smallest absolute Gasteiger partial charge is 0.220 e. The third-order valence-electron chi connectivity index (χ3n) is 4.78. The number of benzene rings is 1. The van der Waals surface area contributed by atoms with Gasteiger partial charge in [-0.25, -0.2) is 24.9 Å². The Morgan fingerprint density at radius 1 is 0.897 bits per heavy atom. The van der Waals surface area contributed by atoms with E-state index in [1.54, 1.807) is 6.20 Å². The normalized spacial score (nSPS) is 12.9. The Kier molecular flexibility index (Phi) is 4.02. The van der Waals surface area contributed by atoms with E-state index < -0.39 is 0 Å². The Morgan fingerprint density at radius 3 is 2.62 bits per heavy atom. The Hall–Kier alpha value is -4.07. The van der Waals surface area contributed by atoms with E-state index in [2.05, 4.69) is 32.1 Å². The number of rotatable bonds is 3. The molecule has 8 nitrogen and oxygen atoms in total. The molecule has 142 valence electrons. The van der Waals surface area contributed by atoms with Gasteiger partial charge in [0, 0.05) is 13.0 Å². The molecule has 1 aliphatic rings. The molecule has 0 saturated heterocycles. The van der Waals surface area contributed by atoms with Crippen LogP contribution in [-0.2, 0) is 6.42 Å². The highest BCUT2D eigenvalue weighted by atomic mass is 15.2. The SMILES string of the molecule is Nc1ncc2c(n1)C=CCN2c1ccc2nc(N)nc(Cc3ccccc3)c2n1. The summed E-state index contributed by atoms with van der Waals surface area (Å²) in [4.78, 5) is 24.2. The number of hydrogen-bond acceptors (Lipinski definition) is 8. The number of fused-ring (bicyclic) bond motifs is 2. The third kappa shape index (κ3) is 3.20. The molecule has 29 heavy (non-hydrogen) atoms. The van der Waals surface area contributed by atoms with Gasteiger partial charge in [-0.05, 0) is 23.8 Å². The summed E-state index contributed by atoms with van der Waals surface area (Å²) in [5.41, 5.74) is 16.7. The summed E-state index contributed by atoms with van der Waals surface area (Å²) in [6, 6.07) is 13.9. The fourth-order valence-electron chi connectivity index (χ4n) is 3.47. The van der Waals surface area contributed by atoms with Crippen molar-refractivity contribution in [1.29, 1.82) is 0 Å². The summed E-state index contributed by atoms with van der Waals surface area (Å²) in [6.45, 7) is 0.655. The van der Waals surface area contributed by atoms with Crippen molar-refractivity contribution in [1.82, 2.24) is 24.9 Å². The summed E-state index contributed by atoms with van der Waals surface area (Å²) < 4.78 is 0. The molecule has 8 heteroatoms. The second kappa shape index (κ2) is 6.83. The third-order valence-corrected chi connectivity index (χ3v) is 4.78. The van der Waals surface area contributed by atoms with Crippen molar-refractivity contribution in [3.05, 3.63) is 71.7 Å². The topological polar surface area (TPSA) is 120 Å². The number of aromatic nitrogens is 5. The van der Waals surface area contributed by atoms with Gasteiger partial charge in [0.25, 0.3) is 0 Å². The molecule has 0 aliphatic carbocycles. The fraction of sp³-hybridized carbons (Fsp3) is 0.0952. The standard InChI is InChI=1S/C21H18N8/c22-20-24-12-17-14(25-20)7-4-10-29(17)18-9-8-15-19(28-18)16(27-21(23)26-15)11-13-5-2-1-3-6-13/h1-9,12H,10-11H2,(H2,22,24,25)(H2,23,26,27). The van der Waals surface area contributed by atoms with E-state index in [-0.39, 0.29) is 11.9 Å². The van der Waals surface area contributed by atoms with E-state index in [1.807, 2.05) is 47.4 Å². The van der Waals surface area contributed by atoms with Crippen molar-refractivity contribution in [3.63, 3.8) is 0 Å². The number of pyridine rings is 1. The molecule has 0 spiro atoms. The second-order valence-corrected chi connectivity index (χ2v) is 6.74. The van der Waals surface area contributed by atoms with E-state index in [0.717, 1.165) is 34.0 Å². The maximum atomic E-state index is 5.94. The van der Waals surface area contributed by atoms with Gasteiger partial charge < -0.3 is 16.4 Å². The minimum Gasteiger partial charge on any atom is -0.368 e. The van der Waals surface area contributed by atoms with Crippen LogP contribution in [0.3, 0.4) is 0 Å². The lowest BCUT2D eigenvalue weighted by atomic mass is 10.1. The van der Waals surface area contributed by atoms with Crippen LogP contribution in [0.15, 0.2) is 54.7 Å². The number of hydrogen-bond donors (Lipinski definition) is 2. The second-order valence-electron chi connectivity index (χ2n) is 6.74. The predicted octanol–water partition coefficient (Wildman–Crippen LogP) is 2.73. The van der Waals surface area contributed by atoms with Crippen LogP contribution in [0.25, 0.3) is 17.1 Å². The molecule has 4 N–H and O–H groups in total. The Morgan fingerprint density at radius 2 is 1.76 bits per heavy atom. The molecule has 3 aromatic heterocycles. The summed E-state index contributed by atoms with van der Waals surface area (Å²) in [5.74, 6) is 1.25. The largest absolute Gasteiger partial charge is 0.368 e. The first-order valence-electron chi connectivity index (χ1n) is 9.21. The summed E-state index contributed by atoms with van der Waals surface area (Å²) in [5, 5.41) is 0. The molecule has 1 aromatic carbocycles. The molecule has 0 fully saturated rings. The Balaban J connectivity index is 1.61. The van der Waals surface area contributed by atoms with Crippen molar-refractivity contribution >= 4 is 40.5 Å². The van der Waals surface area contributed by atoms with Gasteiger partial charge in [0.2, 0.25) is 11.9 Å². The van der Waals surface area contributed by atoms with Gasteiger partial charge in [-0.1, -0.05) is 36.4 Å². The Bertz CT molecular complexity index is 1240. The van der Waals surface area contributed by atoms with E-state index in [4.69, 9.17) is 16.5 Å². The highest BCUT2D eigenvalue weighted by molar-refractivity contribution is 5.82. The summed E-state index contributed by atoms with van der Waals surface area (Å²) in [7, 11) is 0. The maximum Gasteiger partial charge on any atom is 0.220 e. The van der Waals surface area contributed by atoms with Crippen LogP contribution in [0, 0.1) is 0 Å². The number of nitrogen functional groups attached to an aromatic ring is 2. The van der Waals surface area contributed by atoms with Crippen molar-refractivity contribution in [3.8, 4) is 0 Å². The van der Waals surface area contributed by atoms with Crippen LogP contribution in [0.4, 0.5) is 23.4 Å². The van der Waals surface area contributed by atoms with Crippen LogP contribution in [-0.4, -0.2) is 31.5 Å². The zero-order valence-electron chi connectivity index (χ0n) is 15.5. The van der Waals surface area contributed by atoms with Gasteiger partial charge in [0.05, 0.1) is 28.8 Å². The molecule has 5 rings (SSSR count). The minimum atomic E-state index is 0.244. The maximum absolute atomic E-state index is 5.94. The fourth-order valence-corrected chi connectivity index (χ4v) is 3.47. The first-order valence-corrected chi connectivity index (χ1v) is 9.21. The molecule has 0 bridgehead atoms. The van der Waals surface area contributed by atoms with Crippen molar-refractivity contribution in [2.45, 2.75) is 6.42 Å². The van der Waals surface area contributed by atoms with Gasteiger partial charge in [-0.2, -0.15) is 0 Å². The van der Waals surface area contributed by atoms with Crippen LogP contribution >= 0.6 is 0 Å². The Labute approximate surface area is 167 Å². The van der Waals surface area contributed by atoms with E-state index in [9.17, 15) is 0 Å². The average molecular weight is 382 g/mol. The van der Waals surface area contributed by atoms with Crippen LogP contribution in [0.5, 0.6) is 0 Å². The van der Waals surface area contributed by atoms with Crippen molar-refractivity contribution in [2.75, 3.05) is 22.9 Å². The highest BCUT2D eigenvalue weighted by Gasteiger charge is 2.19. The van der Waals surface area contributed by atoms with E-state index in [1.165, 1.54) is 0 Å². The number of nitrogens with zero attached hydrogens (tertiary/aromatic N) is 6. The number of anilines is 4. The summed E-state index contributed by atoms with van der Waals surface area (Å²) in [6.07, 6.45) is 6.30. The molecule has 0 unspecified atom stereocenters. The van der Waals surface area contributed by atoms with Gasteiger partial charge in [0.15, 0.2) is 0 Å². The quantitative estimate of drug-likeness (QED) is 0.555. The molecule has 0 saturated carbocycles. The predicted molar refractivity (Wildman–Crippen MR) is 113 cm³/mol. The molecule has 4 heterocycles. The van der Waals surface area contributed by atoms with Crippen LogP contribution < -0.4 is 16.4 Å². The molecule has 0 amide bonds. The van der Waals surface area contributed by atoms with Gasteiger partial charge in [0.1, 0.15) is 11.3 Å². The molecule has 0 atom stereocenters. The van der Waals surface area contributed by atoms with Gasteiger partial charge in [-0.15, -0.1) is 0 Å². The van der Waals surface area contributed by atoms with Gasteiger partial charge >= 0.3 is 0 Å². The lowest BCUT2D eigenvalue weighted by molar-refractivity contribution is 0.999. The molecular weight excluding hydrogens is 364 g/mol. The monoisotopic (exact) mass is 382 g/mol. The molecule has 1 aliphatic heterocycles. The van der Waals surface area contributed by atoms with Gasteiger partial charge in [-0.3, -0.25) is 0 Å². The van der Waals surface area contributed by atoms with Crippen LogP contribution in [0.2, 0.25) is 0 Å².